The number of carboxylic acid groups (broad SMARTS) is 1. The average Bonchev–Trinajstić information content (AvgIpc) is 2.56. The first-order chi connectivity index (χ1) is 9.56. The predicted molar refractivity (Wildman–Crippen MR) is 75.1 cm³/mol. The Hall–Kier alpha value is -2.24. The maximum absolute atomic E-state index is 12.6. The van der Waals surface area contributed by atoms with E-state index in [0.29, 0.717) is 20.9 Å². The van der Waals surface area contributed by atoms with Crippen LogP contribution in [0.25, 0.3) is 12.2 Å². The summed E-state index contributed by atoms with van der Waals surface area (Å²) in [6.07, 6.45) is 3.53. The molecule has 4 nitrogen and oxygen atoms in total. The van der Waals surface area contributed by atoms with Crippen LogP contribution in [0.3, 0.4) is 0 Å². The summed E-state index contributed by atoms with van der Waals surface area (Å²) >= 11 is -1.48. The first kappa shape index (κ1) is 12.8. The lowest BCUT2D eigenvalue weighted by Gasteiger charge is -2.12. The first-order valence-corrected chi connectivity index (χ1v) is 7.01. The fourth-order valence-electron chi connectivity index (χ4n) is 2.10. The Morgan fingerprint density at radius 1 is 1.00 bits per heavy atom. The maximum atomic E-state index is 12.6. The number of carboxylic acids is 1. The van der Waals surface area contributed by atoms with Gasteiger partial charge in [0.25, 0.3) is 0 Å². The van der Waals surface area contributed by atoms with Crippen molar-refractivity contribution in [3.05, 3.63) is 53.1 Å². The van der Waals surface area contributed by atoms with Crippen molar-refractivity contribution in [1.29, 1.82) is 0 Å². The number of fused-ring (bicyclic) bond motifs is 2. The minimum Gasteiger partial charge on any atom is -0.606 e. The highest BCUT2D eigenvalue weighted by molar-refractivity contribution is 7.91. The van der Waals surface area contributed by atoms with Crippen molar-refractivity contribution in [2.24, 2.45) is 0 Å². The van der Waals surface area contributed by atoms with Gasteiger partial charge in [-0.15, -0.1) is 0 Å². The Morgan fingerprint density at radius 3 is 2.50 bits per heavy atom. The fourth-order valence-corrected chi connectivity index (χ4v) is 3.45. The fraction of sp³-hybridized carbons (Fsp3) is 0. The quantitative estimate of drug-likeness (QED) is 0.790. The van der Waals surface area contributed by atoms with Gasteiger partial charge in [0, 0.05) is 28.4 Å². The van der Waals surface area contributed by atoms with Crippen LogP contribution in [0.15, 0.2) is 46.2 Å². The summed E-state index contributed by atoms with van der Waals surface area (Å²) in [4.78, 5) is 12.0. The molecule has 5 heteroatoms. The molecule has 1 heterocycles. The second-order valence-corrected chi connectivity index (χ2v) is 5.80. The van der Waals surface area contributed by atoms with Gasteiger partial charge in [0.05, 0.1) is 5.56 Å². The van der Waals surface area contributed by atoms with Crippen LogP contribution in [-0.4, -0.2) is 20.7 Å². The number of carbonyl (C=O) groups is 1. The van der Waals surface area contributed by atoms with E-state index >= 15 is 0 Å². The third-order valence-corrected chi connectivity index (χ3v) is 4.62. The van der Waals surface area contributed by atoms with Crippen LogP contribution in [0.5, 0.6) is 5.75 Å². The van der Waals surface area contributed by atoms with Gasteiger partial charge in [0.15, 0.2) is 9.79 Å². The summed E-state index contributed by atoms with van der Waals surface area (Å²) in [5, 5.41) is 18.5. The van der Waals surface area contributed by atoms with Gasteiger partial charge in [-0.3, -0.25) is 0 Å². The van der Waals surface area contributed by atoms with E-state index in [2.05, 4.69) is 0 Å². The summed E-state index contributed by atoms with van der Waals surface area (Å²) in [5.41, 5.74) is 1.48. The predicted octanol–water partition coefficient (Wildman–Crippen LogP) is 2.74. The molecule has 1 unspecified atom stereocenters. The monoisotopic (exact) mass is 286 g/mol. The van der Waals surface area contributed by atoms with Gasteiger partial charge in [0.1, 0.15) is 5.75 Å². The van der Waals surface area contributed by atoms with Crippen LogP contribution in [0, 0.1) is 0 Å². The van der Waals surface area contributed by atoms with Gasteiger partial charge in [0.2, 0.25) is 0 Å². The van der Waals surface area contributed by atoms with Crippen LogP contribution in [0.1, 0.15) is 21.5 Å². The van der Waals surface area contributed by atoms with Gasteiger partial charge in [-0.1, -0.05) is 0 Å². The largest absolute Gasteiger partial charge is 0.606 e. The molecule has 0 fully saturated rings. The molecule has 1 atom stereocenters. The van der Waals surface area contributed by atoms with Crippen LogP contribution < -0.4 is 0 Å². The summed E-state index contributed by atoms with van der Waals surface area (Å²) in [5.74, 6) is -0.952. The second-order valence-electron chi connectivity index (χ2n) is 4.38. The number of phenolic OH excluding ortho intramolecular Hbond substituents is 1. The van der Waals surface area contributed by atoms with E-state index in [4.69, 9.17) is 5.11 Å². The molecular weight excluding hydrogens is 276 g/mol. The van der Waals surface area contributed by atoms with Gasteiger partial charge in [-0.2, -0.15) is 0 Å². The molecule has 0 saturated carbocycles. The van der Waals surface area contributed by atoms with E-state index in [9.17, 15) is 14.5 Å². The highest BCUT2D eigenvalue weighted by atomic mass is 32.2. The molecule has 0 aromatic heterocycles. The Balaban J connectivity index is 2.20. The van der Waals surface area contributed by atoms with Crippen LogP contribution in [0.4, 0.5) is 0 Å². The molecule has 0 bridgehead atoms. The average molecular weight is 286 g/mol. The van der Waals surface area contributed by atoms with Gasteiger partial charge in [-0.25, -0.2) is 4.79 Å². The number of hydrogen-bond donors (Lipinski definition) is 2. The lowest BCUT2D eigenvalue weighted by atomic mass is 10.1. The molecule has 100 valence electrons. The van der Waals surface area contributed by atoms with Crippen molar-refractivity contribution in [2.75, 3.05) is 0 Å². The maximum Gasteiger partial charge on any atom is 0.335 e. The second kappa shape index (κ2) is 4.70. The molecular formula is C15H10O4S. The van der Waals surface area contributed by atoms with Crippen molar-refractivity contribution in [3.8, 4) is 5.75 Å². The highest BCUT2D eigenvalue weighted by Gasteiger charge is 2.25. The topological polar surface area (TPSA) is 80.6 Å². The standard InChI is InChI=1S/C15H10O4S/c16-12-5-6-13-10(7-12)3-1-9-2-4-11(15(17)18)8-14(9)20(13)19/h1-8,16H,(H,17,18). The number of phenols is 1. The Kier molecular flexibility index (Phi) is 3.00. The molecule has 0 amide bonds. The minimum absolute atomic E-state index is 0.0996. The smallest absolute Gasteiger partial charge is 0.335 e. The van der Waals surface area contributed by atoms with Crippen molar-refractivity contribution >= 4 is 29.3 Å². The van der Waals surface area contributed by atoms with Gasteiger partial charge in [-0.05, 0) is 42.5 Å². The molecule has 0 radical (unpaired) electrons. The van der Waals surface area contributed by atoms with Crippen LogP contribution >= 0.6 is 0 Å². The number of aromatic carboxylic acids is 1. The van der Waals surface area contributed by atoms with Crippen LogP contribution in [-0.2, 0) is 11.2 Å². The van der Waals surface area contributed by atoms with Crippen molar-refractivity contribution < 1.29 is 19.6 Å². The Morgan fingerprint density at radius 2 is 1.75 bits per heavy atom. The van der Waals surface area contributed by atoms with E-state index in [-0.39, 0.29) is 11.3 Å². The van der Waals surface area contributed by atoms with Crippen LogP contribution in [0.2, 0.25) is 0 Å². The minimum atomic E-state index is -1.48. The summed E-state index contributed by atoms with van der Waals surface area (Å²) < 4.78 is 12.6. The molecule has 2 aromatic carbocycles. The first-order valence-electron chi connectivity index (χ1n) is 5.86. The number of benzene rings is 2. The molecule has 2 aromatic rings. The lowest BCUT2D eigenvalue weighted by molar-refractivity contribution is 0.0696. The number of aromatic hydroxyl groups is 1. The normalized spacial score (nSPS) is 16.1. The van der Waals surface area contributed by atoms with Gasteiger partial charge < -0.3 is 14.8 Å². The molecule has 0 aliphatic carbocycles. The molecule has 20 heavy (non-hydrogen) atoms. The zero-order valence-electron chi connectivity index (χ0n) is 10.2. The molecule has 1 aliphatic rings. The summed E-state index contributed by atoms with van der Waals surface area (Å²) in [6, 6.07) is 9.15. The lowest BCUT2D eigenvalue weighted by Crippen LogP contribution is -2.07. The van der Waals surface area contributed by atoms with E-state index < -0.39 is 17.1 Å². The summed E-state index contributed by atoms with van der Waals surface area (Å²) in [7, 11) is 0. The highest BCUT2D eigenvalue weighted by Crippen LogP contribution is 2.34. The molecule has 3 rings (SSSR count). The number of rotatable bonds is 1. The van der Waals surface area contributed by atoms with Crippen molar-refractivity contribution in [3.63, 3.8) is 0 Å². The van der Waals surface area contributed by atoms with E-state index in [1.807, 2.05) is 0 Å². The molecule has 0 saturated heterocycles. The zero-order chi connectivity index (χ0) is 14.3. The van der Waals surface area contributed by atoms with E-state index in [1.165, 1.54) is 24.3 Å². The third-order valence-electron chi connectivity index (χ3n) is 3.10. The van der Waals surface area contributed by atoms with Crippen molar-refractivity contribution in [2.45, 2.75) is 9.79 Å². The Bertz CT molecular complexity index is 737. The number of hydrogen-bond acceptors (Lipinski definition) is 3. The van der Waals surface area contributed by atoms with E-state index in [0.717, 1.165) is 0 Å². The molecule has 1 aliphatic heterocycles. The third kappa shape index (κ3) is 2.07. The summed E-state index contributed by atoms with van der Waals surface area (Å²) in [6.45, 7) is 0. The SMILES string of the molecule is O=C(O)c1ccc2c(c1)[S+]([O-])c1ccc(O)cc1C=C2. The zero-order valence-corrected chi connectivity index (χ0v) is 11.1. The molecule has 0 spiro atoms. The molecule has 2 N–H and O–H groups in total. The van der Waals surface area contributed by atoms with Gasteiger partial charge >= 0.3 is 5.97 Å². The Labute approximate surface area is 118 Å². The van der Waals surface area contributed by atoms with E-state index in [1.54, 1.807) is 24.3 Å². The van der Waals surface area contributed by atoms with Crippen molar-refractivity contribution in [1.82, 2.24) is 0 Å².